The number of aliphatic hydroxyl groups is 1. The van der Waals surface area contributed by atoms with Crippen LogP contribution in [-0.4, -0.2) is 17.2 Å². The number of benzene rings is 3. The van der Waals surface area contributed by atoms with E-state index in [-0.39, 0.29) is 0 Å². The highest BCUT2D eigenvalue weighted by Crippen LogP contribution is 2.43. The zero-order valence-electron chi connectivity index (χ0n) is 16.5. The molecule has 148 valence electrons. The summed E-state index contributed by atoms with van der Waals surface area (Å²) in [6, 6.07) is 24.8. The maximum absolute atomic E-state index is 12.9. The number of aliphatic hydroxyl groups excluding tert-OH is 1. The molecule has 1 heterocycles. The van der Waals surface area contributed by atoms with Gasteiger partial charge in [0.1, 0.15) is 12.2 Å². The monoisotopic (exact) mass is 388 g/mol. The van der Waals surface area contributed by atoms with Crippen LogP contribution in [0.1, 0.15) is 46.1 Å². The van der Waals surface area contributed by atoms with Crippen LogP contribution in [0.3, 0.4) is 0 Å². The van der Waals surface area contributed by atoms with Crippen LogP contribution in [0.5, 0.6) is 0 Å². The third-order valence-electron chi connectivity index (χ3n) is 5.46. The molecule has 4 heteroatoms. The molecule has 4 rings (SSSR count). The highest BCUT2D eigenvalue weighted by Gasteiger charge is 2.44. The summed E-state index contributed by atoms with van der Waals surface area (Å²) in [5.74, 6) is -0.556. The first-order chi connectivity index (χ1) is 14.1. The summed E-state index contributed by atoms with van der Waals surface area (Å²) in [5, 5.41) is 10.8. The Morgan fingerprint density at radius 1 is 0.759 bits per heavy atom. The number of cyclic esters (lactones) is 1. The van der Waals surface area contributed by atoms with E-state index in [0.717, 1.165) is 22.3 Å². The van der Waals surface area contributed by atoms with Crippen molar-refractivity contribution in [1.82, 2.24) is 0 Å². The van der Waals surface area contributed by atoms with Crippen LogP contribution in [0.15, 0.2) is 78.9 Å². The van der Waals surface area contributed by atoms with E-state index >= 15 is 0 Å². The highest BCUT2D eigenvalue weighted by molar-refractivity contribution is 5.77. The topological polar surface area (TPSA) is 55.8 Å². The van der Waals surface area contributed by atoms with Crippen LogP contribution in [0, 0.1) is 13.8 Å². The van der Waals surface area contributed by atoms with Crippen molar-refractivity contribution in [2.45, 2.75) is 38.3 Å². The quantitative estimate of drug-likeness (QED) is 0.655. The van der Waals surface area contributed by atoms with E-state index in [0.29, 0.717) is 5.56 Å². The molecule has 0 amide bonds. The Bertz CT molecular complexity index is 998. The minimum Gasteiger partial charge on any atom is -0.452 e. The second-order valence-electron chi connectivity index (χ2n) is 7.40. The molecule has 1 N–H and O–H groups in total. The number of hydrogen-bond donors (Lipinski definition) is 1. The molecule has 3 aromatic rings. The van der Waals surface area contributed by atoms with Crippen molar-refractivity contribution in [2.75, 3.05) is 0 Å². The smallest absolute Gasteiger partial charge is 0.339 e. The van der Waals surface area contributed by atoms with Crippen molar-refractivity contribution in [1.29, 1.82) is 0 Å². The molecule has 1 aliphatic rings. The molecule has 3 aromatic carbocycles. The van der Waals surface area contributed by atoms with Crippen LogP contribution in [-0.2, 0) is 14.3 Å². The molecule has 4 nitrogen and oxygen atoms in total. The van der Waals surface area contributed by atoms with Crippen molar-refractivity contribution in [3.63, 3.8) is 0 Å². The Morgan fingerprint density at radius 3 is 1.86 bits per heavy atom. The number of hydrogen-bond acceptors (Lipinski definition) is 4. The predicted molar refractivity (Wildman–Crippen MR) is 110 cm³/mol. The lowest BCUT2D eigenvalue weighted by atomic mass is 9.91. The number of carbonyl (C=O) groups excluding carboxylic acids is 1. The third-order valence-corrected chi connectivity index (χ3v) is 5.46. The molecular weight excluding hydrogens is 364 g/mol. The van der Waals surface area contributed by atoms with Gasteiger partial charge in [0, 0.05) is 0 Å². The van der Waals surface area contributed by atoms with Gasteiger partial charge in [-0.1, -0.05) is 78.9 Å². The van der Waals surface area contributed by atoms with E-state index in [1.165, 1.54) is 0 Å². The summed E-state index contributed by atoms with van der Waals surface area (Å²) in [5.41, 5.74) is 4.53. The first kappa shape index (κ1) is 19.4. The van der Waals surface area contributed by atoms with Gasteiger partial charge < -0.3 is 14.6 Å². The molecule has 4 atom stereocenters. The Balaban J connectivity index is 1.74. The van der Waals surface area contributed by atoms with Gasteiger partial charge in [0.25, 0.3) is 0 Å². The summed E-state index contributed by atoms with van der Waals surface area (Å²) in [6.45, 7) is 4.00. The fraction of sp³-hybridized carbons (Fsp3) is 0.240. The zero-order chi connectivity index (χ0) is 20.4. The average Bonchev–Trinajstić information content (AvgIpc) is 2.75. The normalized spacial score (nSPS) is 22.7. The number of aryl methyl sites for hydroxylation is 2. The number of carbonyl (C=O) groups is 1. The molecule has 0 bridgehead atoms. The molecule has 1 saturated heterocycles. The van der Waals surface area contributed by atoms with Crippen LogP contribution in [0.2, 0.25) is 0 Å². The third kappa shape index (κ3) is 3.82. The minimum atomic E-state index is -1.10. The lowest BCUT2D eigenvalue weighted by molar-refractivity contribution is -0.217. The van der Waals surface area contributed by atoms with Gasteiger partial charge >= 0.3 is 5.97 Å². The Kier molecular flexibility index (Phi) is 5.47. The molecule has 1 fully saturated rings. The highest BCUT2D eigenvalue weighted by atomic mass is 16.6. The number of esters is 1. The fourth-order valence-corrected chi connectivity index (χ4v) is 3.84. The molecule has 1 aliphatic heterocycles. The van der Waals surface area contributed by atoms with E-state index in [1.54, 1.807) is 12.1 Å². The second-order valence-corrected chi connectivity index (χ2v) is 7.40. The average molecular weight is 388 g/mol. The molecule has 0 radical (unpaired) electrons. The molecule has 29 heavy (non-hydrogen) atoms. The summed E-state index contributed by atoms with van der Waals surface area (Å²) in [6.07, 6.45) is -3.29. The summed E-state index contributed by atoms with van der Waals surface area (Å²) < 4.78 is 12.2. The summed E-state index contributed by atoms with van der Waals surface area (Å²) in [7, 11) is 0. The lowest BCUT2D eigenvalue weighted by Crippen LogP contribution is -2.42. The van der Waals surface area contributed by atoms with Crippen LogP contribution >= 0.6 is 0 Å². The molecule has 0 unspecified atom stereocenters. The van der Waals surface area contributed by atoms with Gasteiger partial charge in [-0.25, -0.2) is 4.79 Å². The van der Waals surface area contributed by atoms with Crippen molar-refractivity contribution < 1.29 is 19.4 Å². The van der Waals surface area contributed by atoms with E-state index in [2.05, 4.69) is 0 Å². The number of ether oxygens (including phenoxy) is 2. The van der Waals surface area contributed by atoms with Crippen LogP contribution < -0.4 is 0 Å². The Labute approximate surface area is 170 Å². The Morgan fingerprint density at radius 2 is 1.28 bits per heavy atom. The molecule has 0 aliphatic carbocycles. The van der Waals surface area contributed by atoms with Crippen LogP contribution in [0.25, 0.3) is 0 Å². The van der Waals surface area contributed by atoms with E-state index in [9.17, 15) is 9.90 Å². The molecule has 0 spiro atoms. The maximum Gasteiger partial charge on any atom is 0.339 e. The van der Waals surface area contributed by atoms with E-state index < -0.39 is 30.4 Å². The largest absolute Gasteiger partial charge is 0.452 e. The van der Waals surface area contributed by atoms with Gasteiger partial charge in [-0.2, -0.15) is 0 Å². The summed E-state index contributed by atoms with van der Waals surface area (Å²) >= 11 is 0. The Hall–Kier alpha value is -2.95. The van der Waals surface area contributed by atoms with Gasteiger partial charge in [0.2, 0.25) is 0 Å². The van der Waals surface area contributed by atoms with Crippen LogP contribution in [0.4, 0.5) is 0 Å². The van der Waals surface area contributed by atoms with Crippen molar-refractivity contribution in [3.05, 3.63) is 107 Å². The summed E-state index contributed by atoms with van der Waals surface area (Å²) in [4.78, 5) is 12.9. The maximum atomic E-state index is 12.9. The van der Waals surface area contributed by atoms with E-state index in [1.807, 2.05) is 80.6 Å². The molecular formula is C25H24O4. The van der Waals surface area contributed by atoms with Crippen molar-refractivity contribution >= 4 is 5.97 Å². The molecule has 0 saturated carbocycles. The standard InChI is InChI=1S/C25H24O4/c1-16-10-6-8-14-19(16)22-23(20-15-9-7-11-17(20)2)29-25(27)24(28-22)21(26)18-12-4-3-5-13-18/h3-15,21-24,26H,1-2H3/t21-,22-,23-,24-/m0/s1. The van der Waals surface area contributed by atoms with E-state index in [4.69, 9.17) is 9.47 Å². The van der Waals surface area contributed by atoms with Gasteiger partial charge in [-0.15, -0.1) is 0 Å². The van der Waals surface area contributed by atoms with Gasteiger partial charge in [0.05, 0.1) is 0 Å². The van der Waals surface area contributed by atoms with Crippen molar-refractivity contribution in [2.24, 2.45) is 0 Å². The SMILES string of the molecule is Cc1ccccc1[C@@H]1OC(=O)[C@H]([C@@H](O)c2ccccc2)O[C@H]1c1ccccc1C. The van der Waals surface area contributed by atoms with Gasteiger partial charge in [-0.3, -0.25) is 0 Å². The number of rotatable bonds is 4. The van der Waals surface area contributed by atoms with Gasteiger partial charge in [-0.05, 0) is 41.7 Å². The predicted octanol–water partition coefficient (Wildman–Crippen LogP) is 4.76. The lowest BCUT2D eigenvalue weighted by Gasteiger charge is -2.38. The minimum absolute atomic E-state index is 0.515. The van der Waals surface area contributed by atoms with Gasteiger partial charge in [0.15, 0.2) is 12.2 Å². The first-order valence-electron chi connectivity index (χ1n) is 9.76. The second kappa shape index (κ2) is 8.19. The first-order valence-corrected chi connectivity index (χ1v) is 9.76. The zero-order valence-corrected chi connectivity index (χ0v) is 16.5. The van der Waals surface area contributed by atoms with Crippen molar-refractivity contribution in [3.8, 4) is 0 Å². The fourth-order valence-electron chi connectivity index (χ4n) is 3.84. The molecule has 0 aromatic heterocycles.